The van der Waals surface area contributed by atoms with Crippen LogP contribution in [0, 0.1) is 13.8 Å². The number of carbonyl (C=O) groups is 1. The summed E-state index contributed by atoms with van der Waals surface area (Å²) in [6.45, 7) is 6.98. The smallest absolute Gasteiger partial charge is 0.251 e. The van der Waals surface area contributed by atoms with Crippen LogP contribution >= 0.6 is 0 Å². The Morgan fingerprint density at radius 2 is 2.04 bits per heavy atom. The molecule has 0 radical (unpaired) electrons. The minimum absolute atomic E-state index is 0.0688. The normalized spacial score (nSPS) is 10.6. The van der Waals surface area contributed by atoms with E-state index in [4.69, 9.17) is 0 Å². The molecular weight excluding hydrogens is 328 g/mol. The van der Waals surface area contributed by atoms with Crippen molar-refractivity contribution in [2.24, 2.45) is 0 Å². The number of hydrogen-bond donors (Lipinski definition) is 2. The first kappa shape index (κ1) is 17.6. The number of amides is 1. The van der Waals surface area contributed by atoms with Crippen molar-refractivity contribution in [3.8, 4) is 5.82 Å². The maximum atomic E-state index is 11.9. The first-order valence-electron chi connectivity index (χ1n) is 8.53. The van der Waals surface area contributed by atoms with E-state index in [0.717, 1.165) is 17.0 Å². The summed E-state index contributed by atoms with van der Waals surface area (Å²) in [5.41, 5.74) is 3.58. The summed E-state index contributed by atoms with van der Waals surface area (Å²) in [4.78, 5) is 20.8. The predicted molar refractivity (Wildman–Crippen MR) is 100 cm³/mol. The lowest BCUT2D eigenvalue weighted by Gasteiger charge is -2.09. The number of nitrogens with one attached hydrogen (secondary N) is 2. The first-order chi connectivity index (χ1) is 12.6. The Hall–Kier alpha value is -3.22. The van der Waals surface area contributed by atoms with E-state index in [9.17, 15) is 4.79 Å². The predicted octanol–water partition coefficient (Wildman–Crippen LogP) is 2.64. The molecule has 7 heteroatoms. The SMILES string of the molecule is CCNC(=O)c1cccc(CNc2cncc(-n3nc(C)cc3C)n2)c1. The summed E-state index contributed by atoms with van der Waals surface area (Å²) < 4.78 is 1.77. The van der Waals surface area contributed by atoms with Crippen molar-refractivity contribution in [2.75, 3.05) is 11.9 Å². The highest BCUT2D eigenvalue weighted by Gasteiger charge is 2.08. The molecule has 1 aromatic carbocycles. The largest absolute Gasteiger partial charge is 0.365 e. The quantitative estimate of drug-likeness (QED) is 0.714. The van der Waals surface area contributed by atoms with E-state index in [0.29, 0.717) is 30.3 Å². The molecule has 26 heavy (non-hydrogen) atoms. The molecule has 0 saturated carbocycles. The zero-order valence-electron chi connectivity index (χ0n) is 15.2. The molecule has 0 aliphatic carbocycles. The van der Waals surface area contributed by atoms with Crippen molar-refractivity contribution in [3.63, 3.8) is 0 Å². The van der Waals surface area contributed by atoms with Crippen LogP contribution in [0.3, 0.4) is 0 Å². The van der Waals surface area contributed by atoms with Gasteiger partial charge in [-0.15, -0.1) is 0 Å². The Morgan fingerprint density at radius 3 is 2.77 bits per heavy atom. The summed E-state index contributed by atoms with van der Waals surface area (Å²) in [5.74, 6) is 1.25. The van der Waals surface area contributed by atoms with Gasteiger partial charge in [-0.3, -0.25) is 9.78 Å². The summed E-state index contributed by atoms with van der Waals surface area (Å²) in [5, 5.41) is 10.5. The van der Waals surface area contributed by atoms with Crippen LogP contribution in [0.2, 0.25) is 0 Å². The van der Waals surface area contributed by atoms with Gasteiger partial charge in [0.25, 0.3) is 5.91 Å². The monoisotopic (exact) mass is 350 g/mol. The molecular formula is C19H22N6O. The zero-order valence-corrected chi connectivity index (χ0v) is 15.2. The number of anilines is 1. The number of rotatable bonds is 6. The molecule has 3 rings (SSSR count). The van der Waals surface area contributed by atoms with Crippen molar-refractivity contribution in [1.29, 1.82) is 0 Å². The minimum atomic E-state index is -0.0688. The van der Waals surface area contributed by atoms with Gasteiger partial charge in [0.1, 0.15) is 5.82 Å². The minimum Gasteiger partial charge on any atom is -0.365 e. The third kappa shape index (κ3) is 4.05. The van der Waals surface area contributed by atoms with Crippen LogP contribution in [0.15, 0.2) is 42.7 Å². The Balaban J connectivity index is 1.73. The Labute approximate surface area is 152 Å². The van der Waals surface area contributed by atoms with Gasteiger partial charge >= 0.3 is 0 Å². The molecule has 0 aliphatic rings. The fourth-order valence-corrected chi connectivity index (χ4v) is 2.68. The average molecular weight is 350 g/mol. The molecule has 0 fully saturated rings. The van der Waals surface area contributed by atoms with Crippen LogP contribution in [0.5, 0.6) is 0 Å². The van der Waals surface area contributed by atoms with Crippen LogP contribution in [-0.4, -0.2) is 32.2 Å². The number of hydrogen-bond acceptors (Lipinski definition) is 5. The highest BCUT2D eigenvalue weighted by Crippen LogP contribution is 2.12. The lowest BCUT2D eigenvalue weighted by atomic mass is 10.1. The fraction of sp³-hybridized carbons (Fsp3) is 0.263. The molecule has 2 aromatic heterocycles. The van der Waals surface area contributed by atoms with E-state index in [1.54, 1.807) is 23.1 Å². The second kappa shape index (κ2) is 7.77. The number of benzene rings is 1. The third-order valence-electron chi connectivity index (χ3n) is 3.85. The van der Waals surface area contributed by atoms with Crippen LogP contribution in [0.1, 0.15) is 34.2 Å². The summed E-state index contributed by atoms with van der Waals surface area (Å²) in [6.07, 6.45) is 3.35. The lowest BCUT2D eigenvalue weighted by Crippen LogP contribution is -2.22. The summed E-state index contributed by atoms with van der Waals surface area (Å²) >= 11 is 0. The van der Waals surface area contributed by atoms with E-state index in [-0.39, 0.29) is 5.91 Å². The van der Waals surface area contributed by atoms with Gasteiger partial charge in [0.2, 0.25) is 0 Å². The Bertz CT molecular complexity index is 918. The third-order valence-corrected chi connectivity index (χ3v) is 3.85. The number of carbonyl (C=O) groups excluding carboxylic acids is 1. The number of aryl methyl sites for hydroxylation is 2. The van der Waals surface area contributed by atoms with Crippen molar-refractivity contribution >= 4 is 11.7 Å². The van der Waals surface area contributed by atoms with E-state index < -0.39 is 0 Å². The number of nitrogens with zero attached hydrogens (tertiary/aromatic N) is 4. The van der Waals surface area contributed by atoms with Crippen LogP contribution in [0.25, 0.3) is 5.82 Å². The highest BCUT2D eigenvalue weighted by molar-refractivity contribution is 5.94. The Kier molecular flexibility index (Phi) is 5.26. The molecule has 0 saturated heterocycles. The molecule has 0 spiro atoms. The molecule has 0 atom stereocenters. The van der Waals surface area contributed by atoms with Crippen LogP contribution in [0.4, 0.5) is 5.82 Å². The van der Waals surface area contributed by atoms with E-state index >= 15 is 0 Å². The Morgan fingerprint density at radius 1 is 1.19 bits per heavy atom. The van der Waals surface area contributed by atoms with E-state index in [1.165, 1.54) is 0 Å². The lowest BCUT2D eigenvalue weighted by molar-refractivity contribution is 0.0955. The molecule has 1 amide bonds. The van der Waals surface area contributed by atoms with Gasteiger partial charge in [-0.25, -0.2) is 9.67 Å². The highest BCUT2D eigenvalue weighted by atomic mass is 16.1. The van der Waals surface area contributed by atoms with Crippen molar-refractivity contribution in [1.82, 2.24) is 25.1 Å². The average Bonchev–Trinajstić information content (AvgIpc) is 2.99. The molecule has 3 aromatic rings. The number of aromatic nitrogens is 4. The molecule has 7 nitrogen and oxygen atoms in total. The maximum Gasteiger partial charge on any atom is 0.251 e. The molecule has 2 heterocycles. The zero-order chi connectivity index (χ0) is 18.5. The standard InChI is InChI=1S/C19H22N6O/c1-4-21-19(26)16-7-5-6-15(9-16)10-22-17-11-20-12-18(23-17)25-14(3)8-13(2)24-25/h5-9,11-12H,4,10H2,1-3H3,(H,21,26)(H,22,23). The topological polar surface area (TPSA) is 84.7 Å². The van der Waals surface area contributed by atoms with E-state index in [2.05, 4.69) is 25.7 Å². The first-order valence-corrected chi connectivity index (χ1v) is 8.53. The fourth-order valence-electron chi connectivity index (χ4n) is 2.68. The van der Waals surface area contributed by atoms with E-state index in [1.807, 2.05) is 45.0 Å². The van der Waals surface area contributed by atoms with Gasteiger partial charge in [-0.05, 0) is 44.5 Å². The van der Waals surface area contributed by atoms with Gasteiger partial charge in [-0.2, -0.15) is 5.10 Å². The van der Waals surface area contributed by atoms with Crippen molar-refractivity contribution < 1.29 is 4.79 Å². The summed E-state index contributed by atoms with van der Waals surface area (Å²) in [6, 6.07) is 9.51. The molecule has 0 bridgehead atoms. The van der Waals surface area contributed by atoms with Crippen LogP contribution in [-0.2, 0) is 6.54 Å². The maximum absolute atomic E-state index is 11.9. The molecule has 2 N–H and O–H groups in total. The van der Waals surface area contributed by atoms with Gasteiger partial charge in [0.15, 0.2) is 5.82 Å². The van der Waals surface area contributed by atoms with Gasteiger partial charge in [-0.1, -0.05) is 12.1 Å². The second-order valence-electron chi connectivity index (χ2n) is 6.01. The summed E-state index contributed by atoms with van der Waals surface area (Å²) in [7, 11) is 0. The van der Waals surface area contributed by atoms with Gasteiger partial charge < -0.3 is 10.6 Å². The molecule has 0 unspecified atom stereocenters. The second-order valence-corrected chi connectivity index (χ2v) is 6.01. The van der Waals surface area contributed by atoms with Gasteiger partial charge in [0, 0.05) is 24.3 Å². The van der Waals surface area contributed by atoms with Crippen LogP contribution < -0.4 is 10.6 Å². The van der Waals surface area contributed by atoms with Gasteiger partial charge in [0.05, 0.1) is 18.1 Å². The van der Waals surface area contributed by atoms with Crippen molar-refractivity contribution in [3.05, 3.63) is 65.2 Å². The molecule has 0 aliphatic heterocycles. The van der Waals surface area contributed by atoms with Crippen molar-refractivity contribution in [2.45, 2.75) is 27.3 Å². The molecule has 134 valence electrons.